The van der Waals surface area contributed by atoms with Crippen molar-refractivity contribution in [3.63, 3.8) is 0 Å². The maximum atomic E-state index is 10.1. The highest BCUT2D eigenvalue weighted by Gasteiger charge is 2.27. The number of hydrogen-bond acceptors (Lipinski definition) is 4. The Morgan fingerprint density at radius 1 is 1.32 bits per heavy atom. The smallest absolute Gasteiger partial charge is 0.191 e. The molecule has 0 radical (unpaired) electrons. The minimum absolute atomic E-state index is 0. The summed E-state index contributed by atoms with van der Waals surface area (Å²) in [6.07, 6.45) is 4.78. The molecule has 0 bridgehead atoms. The standard InChI is InChI=1S/C18H32N4O2.HI/c1-4-19-17(20-13-15(23)16-9-8-12-24-16)21-14-18(2,3)22-10-6-5-7-11-22;/h8-9,12,15,23H,4-7,10-11,13-14H2,1-3H3,(H2,19,20,21);1H. The lowest BCUT2D eigenvalue weighted by Crippen LogP contribution is -2.49. The van der Waals surface area contributed by atoms with Crippen LogP contribution in [0, 0.1) is 0 Å². The summed E-state index contributed by atoms with van der Waals surface area (Å²) >= 11 is 0. The van der Waals surface area contributed by atoms with Crippen molar-refractivity contribution < 1.29 is 9.52 Å². The van der Waals surface area contributed by atoms with Gasteiger partial charge in [0.1, 0.15) is 11.9 Å². The van der Waals surface area contributed by atoms with Crippen LogP contribution in [-0.4, -0.2) is 54.2 Å². The van der Waals surface area contributed by atoms with Crippen molar-refractivity contribution in [1.29, 1.82) is 0 Å². The second-order valence-corrected chi connectivity index (χ2v) is 6.97. The highest BCUT2D eigenvalue weighted by molar-refractivity contribution is 14.0. The minimum atomic E-state index is -0.682. The van der Waals surface area contributed by atoms with Gasteiger partial charge < -0.3 is 20.2 Å². The Kier molecular flexibility index (Phi) is 9.81. The third-order valence-corrected chi connectivity index (χ3v) is 4.51. The monoisotopic (exact) mass is 464 g/mol. The molecule has 25 heavy (non-hydrogen) atoms. The van der Waals surface area contributed by atoms with Crippen molar-refractivity contribution >= 4 is 29.9 Å². The Morgan fingerprint density at radius 2 is 2.04 bits per heavy atom. The first-order valence-electron chi connectivity index (χ1n) is 9.01. The largest absolute Gasteiger partial charge is 0.467 e. The molecule has 0 spiro atoms. The number of guanidine groups is 1. The molecule has 0 aliphatic carbocycles. The van der Waals surface area contributed by atoms with Gasteiger partial charge in [-0.05, 0) is 58.8 Å². The molecular formula is C18H33IN4O2. The summed E-state index contributed by atoms with van der Waals surface area (Å²) in [6, 6.07) is 3.55. The van der Waals surface area contributed by atoms with Crippen LogP contribution in [0.15, 0.2) is 27.8 Å². The fourth-order valence-corrected chi connectivity index (χ4v) is 2.99. The molecule has 1 aliphatic heterocycles. The maximum Gasteiger partial charge on any atom is 0.191 e. The molecular weight excluding hydrogens is 431 g/mol. The van der Waals surface area contributed by atoms with E-state index in [1.165, 1.54) is 19.3 Å². The second-order valence-electron chi connectivity index (χ2n) is 6.97. The predicted octanol–water partition coefficient (Wildman–Crippen LogP) is 2.75. The molecule has 2 heterocycles. The number of furan rings is 1. The molecule has 1 aromatic rings. The number of halogens is 1. The zero-order valence-electron chi connectivity index (χ0n) is 15.6. The van der Waals surface area contributed by atoms with Gasteiger partial charge in [-0.15, -0.1) is 24.0 Å². The van der Waals surface area contributed by atoms with Crippen molar-refractivity contribution in [3.8, 4) is 0 Å². The summed E-state index contributed by atoms with van der Waals surface area (Å²) < 4.78 is 5.22. The Labute approximate surface area is 168 Å². The van der Waals surface area contributed by atoms with Gasteiger partial charge in [-0.2, -0.15) is 0 Å². The minimum Gasteiger partial charge on any atom is -0.467 e. The summed E-state index contributed by atoms with van der Waals surface area (Å²) in [5.41, 5.74) is 0.0440. The number of hydrogen-bond donors (Lipinski definition) is 3. The van der Waals surface area contributed by atoms with Crippen LogP contribution in [-0.2, 0) is 0 Å². The van der Waals surface area contributed by atoms with E-state index < -0.39 is 6.10 Å². The van der Waals surface area contributed by atoms with Gasteiger partial charge in [0.05, 0.1) is 19.4 Å². The Morgan fingerprint density at radius 3 is 2.64 bits per heavy atom. The number of aliphatic hydroxyl groups excluding tert-OH is 1. The number of rotatable bonds is 7. The molecule has 1 saturated heterocycles. The lowest BCUT2D eigenvalue weighted by molar-refractivity contribution is 0.102. The number of likely N-dealkylation sites (tertiary alicyclic amines) is 1. The molecule has 3 N–H and O–H groups in total. The predicted molar refractivity (Wildman–Crippen MR) is 113 cm³/mol. The van der Waals surface area contributed by atoms with E-state index in [0.29, 0.717) is 12.3 Å². The van der Waals surface area contributed by atoms with Gasteiger partial charge in [-0.25, -0.2) is 0 Å². The quantitative estimate of drug-likeness (QED) is 0.329. The Hall–Kier alpha value is -0.800. The first-order valence-corrected chi connectivity index (χ1v) is 9.01. The molecule has 1 aromatic heterocycles. The first-order chi connectivity index (χ1) is 11.5. The fraction of sp³-hybridized carbons (Fsp3) is 0.722. The molecule has 1 atom stereocenters. The van der Waals surface area contributed by atoms with Crippen molar-refractivity contribution in [2.45, 2.75) is 51.7 Å². The molecule has 0 saturated carbocycles. The maximum absolute atomic E-state index is 10.1. The number of nitrogens with zero attached hydrogens (tertiary/aromatic N) is 2. The van der Waals surface area contributed by atoms with Gasteiger partial charge in [-0.1, -0.05) is 6.42 Å². The van der Waals surface area contributed by atoms with Crippen LogP contribution in [0.4, 0.5) is 0 Å². The highest BCUT2D eigenvalue weighted by Crippen LogP contribution is 2.20. The van der Waals surface area contributed by atoms with Crippen LogP contribution < -0.4 is 10.6 Å². The van der Waals surface area contributed by atoms with Gasteiger partial charge in [0.15, 0.2) is 5.96 Å². The summed E-state index contributed by atoms with van der Waals surface area (Å²) in [5.74, 6) is 1.29. The third kappa shape index (κ3) is 7.15. The number of piperidine rings is 1. The van der Waals surface area contributed by atoms with Crippen LogP contribution >= 0.6 is 24.0 Å². The lowest BCUT2D eigenvalue weighted by Gasteiger charge is -2.40. The first kappa shape index (κ1) is 22.2. The van der Waals surface area contributed by atoms with Crippen LogP contribution in [0.2, 0.25) is 0 Å². The summed E-state index contributed by atoms with van der Waals surface area (Å²) in [4.78, 5) is 7.25. The molecule has 7 heteroatoms. The number of aliphatic imine (C=N–C) groups is 1. The number of aliphatic hydroxyl groups is 1. The van der Waals surface area contributed by atoms with Crippen LogP contribution in [0.1, 0.15) is 51.9 Å². The molecule has 0 aromatic carbocycles. The van der Waals surface area contributed by atoms with Crippen molar-refractivity contribution in [3.05, 3.63) is 24.2 Å². The average molecular weight is 464 g/mol. The van der Waals surface area contributed by atoms with E-state index in [2.05, 4.69) is 29.4 Å². The molecule has 2 rings (SSSR count). The number of nitrogens with one attached hydrogen (secondary N) is 2. The van der Waals surface area contributed by atoms with Crippen LogP contribution in [0.25, 0.3) is 0 Å². The zero-order chi connectivity index (χ0) is 17.4. The topological polar surface area (TPSA) is 73.0 Å². The van der Waals surface area contributed by atoms with Gasteiger partial charge in [0, 0.05) is 12.1 Å². The van der Waals surface area contributed by atoms with Crippen molar-refractivity contribution in [1.82, 2.24) is 15.5 Å². The van der Waals surface area contributed by atoms with Crippen molar-refractivity contribution in [2.75, 3.05) is 32.7 Å². The van der Waals surface area contributed by atoms with Gasteiger partial charge in [0.2, 0.25) is 0 Å². The SMILES string of the molecule is CCNC(=NCC(C)(C)N1CCCCC1)NCC(O)c1ccco1.I. The average Bonchev–Trinajstić information content (AvgIpc) is 3.12. The fourth-order valence-electron chi connectivity index (χ4n) is 2.99. The van der Waals surface area contributed by atoms with E-state index in [0.717, 1.165) is 32.1 Å². The molecule has 1 fully saturated rings. The van der Waals surface area contributed by atoms with Gasteiger partial charge in [0.25, 0.3) is 0 Å². The van der Waals surface area contributed by atoms with E-state index >= 15 is 0 Å². The summed E-state index contributed by atoms with van der Waals surface area (Å²) in [7, 11) is 0. The lowest BCUT2D eigenvalue weighted by atomic mass is 9.99. The third-order valence-electron chi connectivity index (χ3n) is 4.51. The van der Waals surface area contributed by atoms with E-state index in [9.17, 15) is 5.11 Å². The summed E-state index contributed by atoms with van der Waals surface area (Å²) in [5, 5.41) is 16.5. The molecule has 144 valence electrons. The molecule has 1 unspecified atom stereocenters. The molecule has 1 aliphatic rings. The van der Waals surface area contributed by atoms with Gasteiger partial charge >= 0.3 is 0 Å². The Bertz CT molecular complexity index is 499. The molecule has 6 nitrogen and oxygen atoms in total. The van der Waals surface area contributed by atoms with Crippen LogP contribution in [0.3, 0.4) is 0 Å². The van der Waals surface area contributed by atoms with Crippen LogP contribution in [0.5, 0.6) is 0 Å². The molecule has 0 amide bonds. The summed E-state index contributed by atoms with van der Waals surface area (Å²) in [6.45, 7) is 10.7. The zero-order valence-corrected chi connectivity index (χ0v) is 18.0. The highest BCUT2D eigenvalue weighted by atomic mass is 127. The second kappa shape index (κ2) is 11.0. The van der Waals surface area contributed by atoms with E-state index in [-0.39, 0.29) is 29.5 Å². The Balaban J connectivity index is 0.00000312. The van der Waals surface area contributed by atoms with Crippen molar-refractivity contribution in [2.24, 2.45) is 4.99 Å². The van der Waals surface area contributed by atoms with E-state index in [1.54, 1.807) is 18.4 Å². The van der Waals surface area contributed by atoms with Gasteiger partial charge in [-0.3, -0.25) is 9.89 Å². The van der Waals surface area contributed by atoms with E-state index in [1.807, 2.05) is 6.92 Å². The normalized spacial score (nSPS) is 17.7. The van der Waals surface area contributed by atoms with E-state index in [4.69, 9.17) is 9.41 Å².